The second-order valence-corrected chi connectivity index (χ2v) is 2.78. The third-order valence-electron chi connectivity index (χ3n) is 1.83. The molecule has 1 aliphatic carbocycles. The van der Waals surface area contributed by atoms with Crippen LogP contribution in [0.3, 0.4) is 0 Å². The molecule has 12 heavy (non-hydrogen) atoms. The maximum atomic E-state index is 9.74. The Morgan fingerprint density at radius 1 is 0.833 bits per heavy atom. The van der Waals surface area contributed by atoms with Crippen molar-refractivity contribution in [3.05, 3.63) is 0 Å². The largest absolute Gasteiger partial charge is 0.507 e. The highest BCUT2D eigenvalue weighted by Gasteiger charge is 1.95. The molecule has 0 atom stereocenters. The summed E-state index contributed by atoms with van der Waals surface area (Å²) in [6.45, 7) is 0. The third-order valence-corrected chi connectivity index (χ3v) is 1.83. The van der Waals surface area contributed by atoms with E-state index in [0.717, 1.165) is 0 Å². The number of rotatable bonds is 0. The zero-order valence-corrected chi connectivity index (χ0v) is 7.97. The number of ether oxygens (including phenoxy) is 2. The van der Waals surface area contributed by atoms with Crippen LogP contribution in [0.4, 0.5) is 4.79 Å². The van der Waals surface area contributed by atoms with Crippen molar-refractivity contribution in [2.75, 3.05) is 14.2 Å². The minimum atomic E-state index is -0.657. The van der Waals surface area contributed by atoms with Crippen molar-refractivity contribution in [3.63, 3.8) is 0 Å². The summed E-state index contributed by atoms with van der Waals surface area (Å²) in [6.07, 6.45) is 8.34. The van der Waals surface area contributed by atoms with Gasteiger partial charge in [0.2, 0.25) is 0 Å². The molecule has 72 valence electrons. The first-order valence-corrected chi connectivity index (χ1v) is 4.43. The molecule has 0 aliphatic heterocycles. The van der Waals surface area contributed by atoms with Crippen molar-refractivity contribution < 1.29 is 14.3 Å². The van der Waals surface area contributed by atoms with Crippen LogP contribution < -0.4 is 0 Å². The topological polar surface area (TPSA) is 35.5 Å². The van der Waals surface area contributed by atoms with Crippen molar-refractivity contribution in [1.82, 2.24) is 0 Å². The fourth-order valence-electron chi connectivity index (χ4n) is 1.14. The first-order valence-electron chi connectivity index (χ1n) is 4.43. The van der Waals surface area contributed by atoms with Crippen LogP contribution in [0, 0.1) is 0 Å². The van der Waals surface area contributed by atoms with Gasteiger partial charge in [-0.2, -0.15) is 0 Å². The molecule has 0 spiro atoms. The van der Waals surface area contributed by atoms with Crippen LogP contribution in [-0.4, -0.2) is 20.4 Å². The first-order chi connectivity index (χ1) is 5.81. The van der Waals surface area contributed by atoms with E-state index in [0.29, 0.717) is 0 Å². The van der Waals surface area contributed by atoms with E-state index in [1.54, 1.807) is 0 Å². The van der Waals surface area contributed by atoms with E-state index in [1.807, 2.05) is 0 Å². The highest BCUT2D eigenvalue weighted by molar-refractivity contribution is 5.59. The van der Waals surface area contributed by atoms with E-state index in [1.165, 1.54) is 52.7 Å². The molecule has 0 N–H and O–H groups in total. The summed E-state index contributed by atoms with van der Waals surface area (Å²) in [5.74, 6) is 0. The molecule has 0 radical (unpaired) electrons. The monoisotopic (exact) mass is 174 g/mol. The van der Waals surface area contributed by atoms with E-state index < -0.39 is 6.16 Å². The van der Waals surface area contributed by atoms with Crippen molar-refractivity contribution >= 4 is 6.16 Å². The van der Waals surface area contributed by atoms with Crippen molar-refractivity contribution in [2.45, 2.75) is 38.5 Å². The molecule has 0 aromatic carbocycles. The van der Waals surface area contributed by atoms with Crippen molar-refractivity contribution in [1.29, 1.82) is 0 Å². The molecule has 0 aromatic rings. The van der Waals surface area contributed by atoms with Gasteiger partial charge in [-0.25, -0.2) is 4.79 Å². The predicted molar refractivity (Wildman–Crippen MR) is 47.1 cm³/mol. The van der Waals surface area contributed by atoms with Gasteiger partial charge < -0.3 is 9.47 Å². The lowest BCUT2D eigenvalue weighted by atomic mass is 10.0. The lowest BCUT2D eigenvalue weighted by molar-refractivity contribution is 0.0924. The summed E-state index contributed by atoms with van der Waals surface area (Å²) in [7, 11) is 2.51. The summed E-state index contributed by atoms with van der Waals surface area (Å²) < 4.78 is 8.08. The highest BCUT2D eigenvalue weighted by atomic mass is 16.7. The van der Waals surface area contributed by atoms with Crippen LogP contribution in [0.1, 0.15) is 38.5 Å². The molecule has 0 heterocycles. The molecule has 0 aromatic heterocycles. The van der Waals surface area contributed by atoms with E-state index in [4.69, 9.17) is 0 Å². The number of carbonyl (C=O) groups is 1. The summed E-state index contributed by atoms with van der Waals surface area (Å²) in [5.41, 5.74) is 0. The summed E-state index contributed by atoms with van der Waals surface area (Å²) in [6, 6.07) is 0. The zero-order chi connectivity index (χ0) is 9.23. The highest BCUT2D eigenvalue weighted by Crippen LogP contribution is 2.15. The maximum absolute atomic E-state index is 9.74. The Morgan fingerprint density at radius 2 is 1.08 bits per heavy atom. The van der Waals surface area contributed by atoms with Gasteiger partial charge in [0, 0.05) is 0 Å². The van der Waals surface area contributed by atoms with Gasteiger partial charge in [-0.15, -0.1) is 0 Å². The van der Waals surface area contributed by atoms with Gasteiger partial charge in [0.15, 0.2) is 0 Å². The molecular weight excluding hydrogens is 156 g/mol. The summed E-state index contributed by atoms with van der Waals surface area (Å²) in [4.78, 5) is 9.74. The second-order valence-electron chi connectivity index (χ2n) is 2.78. The van der Waals surface area contributed by atoms with Gasteiger partial charge >= 0.3 is 6.16 Å². The number of methoxy groups -OCH3 is 2. The Hall–Kier alpha value is -0.730. The lowest BCUT2D eigenvalue weighted by Gasteiger charge is -2.05. The number of hydrogen-bond acceptors (Lipinski definition) is 3. The van der Waals surface area contributed by atoms with Gasteiger partial charge in [0.05, 0.1) is 14.2 Å². The Balaban J connectivity index is 0.000000202. The average molecular weight is 174 g/mol. The molecule has 3 nitrogen and oxygen atoms in total. The quantitative estimate of drug-likeness (QED) is 0.530. The molecule has 1 fully saturated rings. The molecule has 1 aliphatic rings. The summed E-state index contributed by atoms with van der Waals surface area (Å²) >= 11 is 0. The van der Waals surface area contributed by atoms with E-state index in [-0.39, 0.29) is 0 Å². The molecule has 0 saturated heterocycles. The fraction of sp³-hybridized carbons (Fsp3) is 0.889. The standard InChI is InChI=1S/C6H12.C3H6O3/c1-2-4-6-5-3-1;1-5-3(4)6-2/h1-6H2;1-2H3. The molecule has 0 bridgehead atoms. The predicted octanol–water partition coefficient (Wildman–Crippen LogP) is 2.74. The Bertz CT molecular complexity index is 90.8. The molecule has 0 unspecified atom stereocenters. The maximum Gasteiger partial charge on any atom is 0.507 e. The second kappa shape index (κ2) is 8.37. The first kappa shape index (κ1) is 11.3. The zero-order valence-electron chi connectivity index (χ0n) is 7.97. The van der Waals surface area contributed by atoms with Crippen LogP contribution in [0.25, 0.3) is 0 Å². The fourth-order valence-corrected chi connectivity index (χ4v) is 1.14. The Kier molecular flexibility index (Phi) is 7.86. The van der Waals surface area contributed by atoms with Crippen LogP contribution in [0.5, 0.6) is 0 Å². The van der Waals surface area contributed by atoms with E-state index >= 15 is 0 Å². The number of hydrogen-bond donors (Lipinski definition) is 0. The molecular formula is C9H18O3. The van der Waals surface area contributed by atoms with Crippen LogP contribution >= 0.6 is 0 Å². The lowest BCUT2D eigenvalue weighted by Crippen LogP contribution is -1.97. The van der Waals surface area contributed by atoms with E-state index in [2.05, 4.69) is 9.47 Å². The van der Waals surface area contributed by atoms with Crippen LogP contribution in [-0.2, 0) is 9.47 Å². The van der Waals surface area contributed by atoms with Crippen molar-refractivity contribution in [2.24, 2.45) is 0 Å². The molecule has 1 rings (SSSR count). The Morgan fingerprint density at radius 3 is 1.17 bits per heavy atom. The van der Waals surface area contributed by atoms with Gasteiger partial charge in [-0.3, -0.25) is 0 Å². The minimum Gasteiger partial charge on any atom is -0.438 e. The smallest absolute Gasteiger partial charge is 0.438 e. The summed E-state index contributed by atoms with van der Waals surface area (Å²) in [5, 5.41) is 0. The molecule has 1 saturated carbocycles. The van der Waals surface area contributed by atoms with Gasteiger partial charge in [0.25, 0.3) is 0 Å². The SMILES string of the molecule is C1CCCCC1.COC(=O)OC. The van der Waals surface area contributed by atoms with Gasteiger partial charge in [0.1, 0.15) is 0 Å². The van der Waals surface area contributed by atoms with Crippen LogP contribution in [0.15, 0.2) is 0 Å². The Labute approximate surface area is 74.0 Å². The van der Waals surface area contributed by atoms with E-state index in [9.17, 15) is 4.79 Å². The number of carbonyl (C=O) groups excluding carboxylic acids is 1. The molecule has 0 amide bonds. The average Bonchev–Trinajstić information content (AvgIpc) is 2.20. The normalized spacial score (nSPS) is 15.5. The van der Waals surface area contributed by atoms with Gasteiger partial charge in [-0.1, -0.05) is 38.5 Å². The molecule has 3 heteroatoms. The van der Waals surface area contributed by atoms with Crippen LogP contribution in [0.2, 0.25) is 0 Å². The van der Waals surface area contributed by atoms with Crippen molar-refractivity contribution in [3.8, 4) is 0 Å². The van der Waals surface area contributed by atoms with Gasteiger partial charge in [-0.05, 0) is 0 Å². The third kappa shape index (κ3) is 7.38. The minimum absolute atomic E-state index is 0.657.